The molecule has 8 heterocycles. The number of ether oxygens (including phenoxy) is 6. The third kappa shape index (κ3) is 6.73. The highest BCUT2D eigenvalue weighted by molar-refractivity contribution is 5.91. The summed E-state index contributed by atoms with van der Waals surface area (Å²) in [5, 5.41) is 23.7. The van der Waals surface area contributed by atoms with Crippen molar-refractivity contribution in [3.63, 3.8) is 0 Å². The first-order valence-electron chi connectivity index (χ1n) is 22.0. The number of esters is 1. The number of hydrogen-bond acceptors (Lipinski definition) is 10. The standard InChI is InChI=1S/C45H67NO9/c1-26-8-7-9-37-42(22-28(3)30(5)25-46-37)15-12-31(34-10-11-38(47)50-34)20-33(42)40-35-19-27(2)21-44(52-35,54-40)24-36-39(48)29(4)23-43(53-36)16-17-45(55-43)41(6,49)14-13-32(18-26)51-45/h20,27-30,32-36,39-40,48-49H,1,7-19,21-25H2,2-6H3/t27-,28-,29-,30-,32-,33+,34-,35+,36-,39-,40-,41+,42+,43-,44-,45+/m0/s1. The van der Waals surface area contributed by atoms with Gasteiger partial charge in [0, 0.05) is 62.1 Å². The summed E-state index contributed by atoms with van der Waals surface area (Å²) in [6.45, 7) is 16.4. The molecule has 306 valence electrons. The van der Waals surface area contributed by atoms with Gasteiger partial charge >= 0.3 is 5.97 Å². The van der Waals surface area contributed by atoms with Crippen LogP contribution in [0, 0.1) is 35.0 Å². The molecule has 0 aromatic carbocycles. The fraction of sp³-hybridized carbons (Fsp3) is 0.867. The molecule has 2 N–H and O–H groups in total. The Morgan fingerprint density at radius 2 is 1.65 bits per heavy atom. The predicted octanol–water partition coefficient (Wildman–Crippen LogP) is 7.48. The first-order chi connectivity index (χ1) is 26.1. The molecule has 0 unspecified atom stereocenters. The molecule has 0 aromatic rings. The van der Waals surface area contributed by atoms with E-state index in [1.807, 2.05) is 6.92 Å². The number of cyclic esters (lactones) is 1. The molecule has 7 fully saturated rings. The van der Waals surface area contributed by atoms with Gasteiger partial charge in [-0.05, 0) is 107 Å². The first-order valence-corrected chi connectivity index (χ1v) is 22.0. The Hall–Kier alpha value is -1.66. The van der Waals surface area contributed by atoms with E-state index in [4.69, 9.17) is 33.4 Å². The van der Waals surface area contributed by atoms with Crippen LogP contribution in [0.25, 0.3) is 0 Å². The maximum atomic E-state index is 12.4. The summed E-state index contributed by atoms with van der Waals surface area (Å²) >= 11 is 0. The van der Waals surface area contributed by atoms with Crippen molar-refractivity contribution in [1.29, 1.82) is 0 Å². The number of carbonyl (C=O) groups excluding carboxylic acids is 1. The summed E-state index contributed by atoms with van der Waals surface area (Å²) in [5.74, 6) is -2.04. The quantitative estimate of drug-likeness (QED) is 0.207. The number of aliphatic hydroxyl groups excluding tert-OH is 1. The van der Waals surface area contributed by atoms with Crippen molar-refractivity contribution in [1.82, 2.24) is 0 Å². The van der Waals surface area contributed by atoms with Crippen LogP contribution in [0.5, 0.6) is 0 Å². The van der Waals surface area contributed by atoms with E-state index < -0.39 is 35.2 Å². The average Bonchev–Trinajstić information content (AvgIpc) is 3.77. The normalized spacial score (nSPS) is 53.0. The molecule has 9 rings (SSSR count). The van der Waals surface area contributed by atoms with Gasteiger partial charge < -0.3 is 38.6 Å². The van der Waals surface area contributed by atoms with Crippen LogP contribution >= 0.6 is 0 Å². The third-order valence-electron chi connectivity index (χ3n) is 16.0. The van der Waals surface area contributed by atoms with Crippen LogP contribution in [-0.4, -0.2) is 88.0 Å². The molecule has 1 aliphatic carbocycles. The smallest absolute Gasteiger partial charge is 0.306 e. The van der Waals surface area contributed by atoms with Crippen molar-refractivity contribution in [2.24, 2.45) is 40.0 Å². The summed E-state index contributed by atoms with van der Waals surface area (Å²) in [6.07, 6.45) is 12.9. The van der Waals surface area contributed by atoms with E-state index >= 15 is 0 Å². The summed E-state index contributed by atoms with van der Waals surface area (Å²) in [6, 6.07) is 0. The van der Waals surface area contributed by atoms with Crippen molar-refractivity contribution < 1.29 is 43.4 Å². The van der Waals surface area contributed by atoms with Crippen molar-refractivity contribution >= 4 is 11.7 Å². The van der Waals surface area contributed by atoms with E-state index in [1.54, 1.807) is 0 Å². The zero-order chi connectivity index (χ0) is 38.5. The van der Waals surface area contributed by atoms with Crippen LogP contribution in [0.1, 0.15) is 144 Å². The zero-order valence-electron chi connectivity index (χ0n) is 34.1. The molecule has 10 nitrogen and oxygen atoms in total. The molecule has 0 aromatic heterocycles. The number of aliphatic imine (C=N–C) groups is 1. The molecule has 8 aliphatic heterocycles. The maximum absolute atomic E-state index is 12.4. The van der Waals surface area contributed by atoms with Gasteiger partial charge in [-0.1, -0.05) is 45.9 Å². The van der Waals surface area contributed by atoms with E-state index in [-0.39, 0.29) is 47.6 Å². The van der Waals surface area contributed by atoms with E-state index in [0.29, 0.717) is 62.7 Å². The number of nitrogens with zero attached hydrogens (tertiary/aromatic N) is 1. The van der Waals surface area contributed by atoms with Gasteiger partial charge in [-0.15, -0.1) is 0 Å². The fourth-order valence-electron chi connectivity index (χ4n) is 12.8. The number of fused-ring (bicyclic) bond motifs is 6. The second-order valence-electron chi connectivity index (χ2n) is 20.2. The number of hydrogen-bond donors (Lipinski definition) is 2. The highest BCUT2D eigenvalue weighted by Crippen LogP contribution is 2.59. The summed E-state index contributed by atoms with van der Waals surface area (Å²) < 4.78 is 41.4. The highest BCUT2D eigenvalue weighted by atomic mass is 16.8. The second-order valence-corrected chi connectivity index (χ2v) is 20.2. The number of carbonyl (C=O) groups is 1. The molecule has 7 saturated heterocycles. The maximum Gasteiger partial charge on any atom is 0.306 e. The Morgan fingerprint density at radius 1 is 0.836 bits per heavy atom. The molecular formula is C45H67NO9. The summed E-state index contributed by atoms with van der Waals surface area (Å²) in [5.41, 5.74) is 2.29. The Bertz CT molecular complexity index is 1590. The van der Waals surface area contributed by atoms with Crippen LogP contribution in [-0.2, 0) is 33.2 Å². The minimum absolute atomic E-state index is 0.000113. The summed E-state index contributed by atoms with van der Waals surface area (Å²) in [4.78, 5) is 17.9. The molecule has 0 amide bonds. The van der Waals surface area contributed by atoms with Crippen molar-refractivity contribution in [3.8, 4) is 0 Å². The van der Waals surface area contributed by atoms with Gasteiger partial charge in [0.2, 0.25) is 5.79 Å². The van der Waals surface area contributed by atoms with Gasteiger partial charge in [0.1, 0.15) is 11.7 Å². The minimum Gasteiger partial charge on any atom is -0.458 e. The van der Waals surface area contributed by atoms with Crippen LogP contribution in [0.4, 0.5) is 0 Å². The lowest BCUT2D eigenvalue weighted by molar-refractivity contribution is -0.411. The van der Waals surface area contributed by atoms with Gasteiger partial charge in [-0.25, -0.2) is 0 Å². The third-order valence-corrected chi connectivity index (χ3v) is 16.0. The van der Waals surface area contributed by atoms with E-state index in [1.165, 1.54) is 11.3 Å². The molecular weight excluding hydrogens is 698 g/mol. The van der Waals surface area contributed by atoms with Crippen molar-refractivity contribution in [2.45, 2.75) is 203 Å². The molecule has 9 aliphatic rings. The number of rotatable bonds is 1. The first kappa shape index (κ1) is 38.8. The fourth-order valence-corrected chi connectivity index (χ4v) is 12.8. The van der Waals surface area contributed by atoms with Crippen molar-refractivity contribution in [3.05, 3.63) is 23.8 Å². The predicted molar refractivity (Wildman–Crippen MR) is 206 cm³/mol. The molecule has 7 bridgehead atoms. The zero-order valence-corrected chi connectivity index (χ0v) is 34.1. The number of aliphatic hydroxyl groups is 2. The Morgan fingerprint density at radius 3 is 2.45 bits per heavy atom. The van der Waals surface area contributed by atoms with Gasteiger partial charge in [-0.3, -0.25) is 9.79 Å². The molecule has 16 atom stereocenters. The van der Waals surface area contributed by atoms with Crippen LogP contribution in [0.3, 0.4) is 0 Å². The Labute approximate surface area is 328 Å². The average molecular weight is 766 g/mol. The van der Waals surface area contributed by atoms with Crippen LogP contribution in [0.15, 0.2) is 28.8 Å². The molecule has 55 heavy (non-hydrogen) atoms. The summed E-state index contributed by atoms with van der Waals surface area (Å²) in [7, 11) is 0. The van der Waals surface area contributed by atoms with Gasteiger partial charge in [0.15, 0.2) is 11.6 Å². The van der Waals surface area contributed by atoms with Gasteiger partial charge in [0.25, 0.3) is 0 Å². The van der Waals surface area contributed by atoms with Crippen LogP contribution in [0.2, 0.25) is 0 Å². The van der Waals surface area contributed by atoms with Crippen molar-refractivity contribution in [2.75, 3.05) is 6.54 Å². The van der Waals surface area contributed by atoms with Crippen LogP contribution < -0.4 is 0 Å². The lowest BCUT2D eigenvalue weighted by Gasteiger charge is -2.51. The molecule has 4 spiro atoms. The molecule has 0 saturated carbocycles. The van der Waals surface area contributed by atoms with E-state index in [0.717, 1.165) is 76.3 Å². The largest absolute Gasteiger partial charge is 0.458 e. The Balaban J connectivity index is 1.13. The van der Waals surface area contributed by atoms with Gasteiger partial charge in [0.05, 0.1) is 30.5 Å². The lowest BCUT2D eigenvalue weighted by Crippen LogP contribution is -2.62. The molecule has 0 radical (unpaired) electrons. The van der Waals surface area contributed by atoms with Gasteiger partial charge in [-0.2, -0.15) is 0 Å². The van der Waals surface area contributed by atoms with E-state index in [2.05, 4.69) is 40.3 Å². The Kier molecular flexibility index (Phi) is 9.87. The molecule has 10 heteroatoms. The second kappa shape index (κ2) is 14.0. The van der Waals surface area contributed by atoms with E-state index in [9.17, 15) is 15.0 Å². The highest BCUT2D eigenvalue weighted by Gasteiger charge is 2.66. The SMILES string of the molecule is C=C1CCCC2=NC[C@H](C)[C@@H](C)C[C@@]23CCC([C@@H]2CCC(=O)O2)=C[C@@H]3[C@@H]2O[C@@]3(C[C@@H](C)C[C@H]2O3)C[C@@H]2O[C@]3(CC[C@@]4(O[C@@H](CC[C@@]4(C)O)C1)O3)C[C@H](C)[C@@H]2O. The topological polar surface area (TPSA) is 125 Å². The monoisotopic (exact) mass is 765 g/mol. The minimum atomic E-state index is -1.19. The lowest BCUT2D eigenvalue weighted by atomic mass is 9.57.